The Morgan fingerprint density at radius 1 is 1.04 bits per heavy atom. The van der Waals surface area contributed by atoms with Gasteiger partial charge in [0.1, 0.15) is 36.6 Å². The highest BCUT2D eigenvalue weighted by molar-refractivity contribution is 5.61. The number of aliphatic hydroxyl groups is 2. The van der Waals surface area contributed by atoms with Gasteiger partial charge in [0.25, 0.3) is 6.47 Å². The number of allylic oxidation sites excluding steroid dienone is 2. The summed E-state index contributed by atoms with van der Waals surface area (Å²) in [7, 11) is 3.20. The zero-order valence-electron chi connectivity index (χ0n) is 41.7. The van der Waals surface area contributed by atoms with Crippen LogP contribution in [0.1, 0.15) is 100 Å². The molecule has 16 heteroatoms. The molecule has 6 aliphatic rings. The van der Waals surface area contributed by atoms with E-state index in [2.05, 4.69) is 46.4 Å². The highest BCUT2D eigenvalue weighted by Gasteiger charge is 2.54. The molecule has 0 saturated carbocycles. The lowest BCUT2D eigenvalue weighted by Crippen LogP contribution is -2.55. The Morgan fingerprint density at radius 2 is 1.78 bits per heavy atom. The van der Waals surface area contributed by atoms with Gasteiger partial charge in [-0.2, -0.15) is 0 Å². The molecule has 68 heavy (non-hydrogen) atoms. The van der Waals surface area contributed by atoms with Gasteiger partial charge in [0.2, 0.25) is 0 Å². The maximum atomic E-state index is 12.4. The van der Waals surface area contributed by atoms with E-state index in [1.165, 1.54) is 6.08 Å². The lowest BCUT2D eigenvalue weighted by Gasteiger charge is -2.47. The van der Waals surface area contributed by atoms with Crippen LogP contribution < -0.4 is 0 Å². The number of rotatable bonds is 19. The summed E-state index contributed by atoms with van der Waals surface area (Å²) in [6, 6.07) is 0. The Balaban J connectivity index is 1.22. The van der Waals surface area contributed by atoms with Gasteiger partial charge in [0.15, 0.2) is 24.5 Å². The molecule has 0 amide bonds. The van der Waals surface area contributed by atoms with Crippen molar-refractivity contribution in [1.29, 1.82) is 0 Å². The van der Waals surface area contributed by atoms with Crippen LogP contribution in [0.2, 0.25) is 0 Å². The molecule has 5 heterocycles. The van der Waals surface area contributed by atoms with Gasteiger partial charge in [-0.15, -0.1) is 0 Å². The average molecular weight is 959 g/mol. The van der Waals surface area contributed by atoms with E-state index in [-0.39, 0.29) is 37.3 Å². The van der Waals surface area contributed by atoms with Gasteiger partial charge in [0.05, 0.1) is 49.3 Å². The van der Waals surface area contributed by atoms with Crippen LogP contribution in [0.15, 0.2) is 71.9 Å². The Kier molecular flexibility index (Phi) is 19.3. The van der Waals surface area contributed by atoms with Crippen LogP contribution in [-0.2, 0) is 61.6 Å². The number of hydrogen-bond donors (Lipinski definition) is 2. The third-order valence-electron chi connectivity index (χ3n) is 14.6. The van der Waals surface area contributed by atoms with Gasteiger partial charge in [-0.3, -0.25) is 4.79 Å². The highest BCUT2D eigenvalue weighted by atomic mass is 16.7. The smallest absolute Gasteiger partial charge is 0.464 e. The summed E-state index contributed by atoms with van der Waals surface area (Å²) in [5, 5.41) is 22.6. The van der Waals surface area contributed by atoms with Gasteiger partial charge in [0, 0.05) is 58.2 Å². The quantitative estimate of drug-likeness (QED) is 0.0757. The first kappa shape index (κ1) is 54.1. The Hall–Kier alpha value is -3.26. The van der Waals surface area contributed by atoms with Crippen LogP contribution in [0.5, 0.6) is 0 Å². The molecule has 0 aromatic carbocycles. The fraction of sp³-hybridized carbons (Fsp3) is 0.731. The summed E-state index contributed by atoms with van der Waals surface area (Å²) in [6.45, 7) is 20.3. The van der Waals surface area contributed by atoms with Crippen LogP contribution in [0.25, 0.3) is 0 Å². The summed E-state index contributed by atoms with van der Waals surface area (Å²) in [5.41, 5.74) is 0.932. The van der Waals surface area contributed by atoms with Crippen molar-refractivity contribution in [3.8, 4) is 0 Å². The lowest BCUT2D eigenvalue weighted by atomic mass is 9.78. The number of methoxy groups -OCH3 is 2. The summed E-state index contributed by atoms with van der Waals surface area (Å²) in [5.74, 6) is -0.741. The zero-order valence-corrected chi connectivity index (χ0v) is 41.7. The predicted molar refractivity (Wildman–Crippen MR) is 250 cm³/mol. The number of fused-ring (bicyclic) bond motifs is 1. The van der Waals surface area contributed by atoms with Crippen LogP contribution in [0.4, 0.5) is 4.79 Å². The molecule has 0 aromatic rings. The molecule has 0 radical (unpaired) electrons. The highest BCUT2D eigenvalue weighted by Crippen LogP contribution is 2.44. The van der Waals surface area contributed by atoms with E-state index in [1.54, 1.807) is 21.1 Å². The monoisotopic (exact) mass is 959 g/mol. The molecule has 0 aromatic heterocycles. The van der Waals surface area contributed by atoms with Crippen LogP contribution in [-0.4, -0.2) is 147 Å². The second-order valence-corrected chi connectivity index (χ2v) is 19.6. The molecule has 2 N–H and O–H groups in total. The summed E-state index contributed by atoms with van der Waals surface area (Å²) in [4.78, 5) is 24.1. The molecular weight excluding hydrogens is 881 g/mol. The summed E-state index contributed by atoms with van der Waals surface area (Å²) in [6.07, 6.45) is 10.5. The molecule has 6 rings (SSSR count). The lowest BCUT2D eigenvalue weighted by molar-refractivity contribution is -0.318. The first-order valence-electron chi connectivity index (χ1n) is 24.5. The van der Waals surface area contributed by atoms with Gasteiger partial charge in [-0.1, -0.05) is 83.2 Å². The molecule has 1 spiro atoms. The molecule has 4 saturated heterocycles. The van der Waals surface area contributed by atoms with Crippen molar-refractivity contribution >= 4 is 12.6 Å². The van der Waals surface area contributed by atoms with Gasteiger partial charge >= 0.3 is 6.16 Å². The molecule has 1 aliphatic carbocycles. The standard InChI is InChI=1S/C52H78O16/c1-12-23-59-50(55)66-47-34(7)20-22-52(56)37(28-60-49(47)52)16-14-15-31(4)45(64-43-26-41(58-11)48(36(9)63-43)65-42-25-40(57-10)44(54)35(8)62-42)32(5)17-18-38-24-39(61-29-53)27-51(67-38)21-19-33(6)46(68-51)30(3)13-2/h12,14-17,19-21,29-31,33,35-36,38-49,54,56H,1,13,18,22-28H2,2-11H3/b15-14+,32-17+,37-16+/t30-,31-,33-,35-,36-,38+,39-,40-,41-,42-,43-,44-,45-,46+,47+,48-,49+,51?,52-/m0/s1. The fourth-order valence-corrected chi connectivity index (χ4v) is 10.4. The van der Waals surface area contributed by atoms with Gasteiger partial charge < -0.3 is 67.1 Å². The molecule has 16 nitrogen and oxygen atoms in total. The molecule has 1 unspecified atom stereocenters. The SMILES string of the molecule is C=CCOC(=O)O[C@@H]1C(C)=CC[C@]2(O)/C(=C/C=C/[C@H](C)[C@H](O[C@H]3C[C@H](OC)[C@@H](O[C@H]4C[C@H](OC)[C@@H](O)[C@H](C)O4)[C@H](C)O3)/C(C)=C/C[C@@H]3C[C@H](OC=O)CC4(C=C[C@H](C)[C@@H]([C@@H](C)CC)O4)O3)CO[C@H]12. The number of hydrogen-bond acceptors (Lipinski definition) is 16. The molecule has 4 fully saturated rings. The van der Waals surface area contributed by atoms with Crippen LogP contribution in [0, 0.1) is 17.8 Å². The van der Waals surface area contributed by atoms with E-state index in [0.29, 0.717) is 56.5 Å². The van der Waals surface area contributed by atoms with Gasteiger partial charge in [-0.25, -0.2) is 4.79 Å². The maximum Gasteiger partial charge on any atom is 0.509 e. The van der Waals surface area contributed by atoms with Crippen molar-refractivity contribution in [2.45, 2.75) is 198 Å². The second-order valence-electron chi connectivity index (χ2n) is 19.6. The van der Waals surface area contributed by atoms with E-state index in [4.69, 9.17) is 56.8 Å². The average Bonchev–Trinajstić information content (AvgIpc) is 3.65. The van der Waals surface area contributed by atoms with E-state index >= 15 is 0 Å². The minimum atomic E-state index is -1.40. The second kappa shape index (κ2) is 24.2. The van der Waals surface area contributed by atoms with E-state index in [0.717, 1.165) is 17.6 Å². The predicted octanol–water partition coefficient (Wildman–Crippen LogP) is 7.11. The number of carbonyl (C=O) groups excluding carboxylic acids is 2. The van der Waals surface area contributed by atoms with E-state index < -0.39 is 91.2 Å². The molecule has 19 atom stereocenters. The third-order valence-corrected chi connectivity index (χ3v) is 14.6. The Bertz CT molecular complexity index is 1850. The third kappa shape index (κ3) is 12.8. The van der Waals surface area contributed by atoms with Crippen molar-refractivity contribution in [3.05, 3.63) is 71.9 Å². The van der Waals surface area contributed by atoms with Gasteiger partial charge in [-0.05, 0) is 62.8 Å². The van der Waals surface area contributed by atoms with Crippen molar-refractivity contribution in [2.24, 2.45) is 17.8 Å². The first-order chi connectivity index (χ1) is 32.5. The molecule has 5 aliphatic heterocycles. The van der Waals surface area contributed by atoms with Crippen molar-refractivity contribution in [3.63, 3.8) is 0 Å². The fourth-order valence-electron chi connectivity index (χ4n) is 10.4. The van der Waals surface area contributed by atoms with Crippen molar-refractivity contribution in [1.82, 2.24) is 0 Å². The maximum absolute atomic E-state index is 12.4. The summed E-state index contributed by atoms with van der Waals surface area (Å²) < 4.78 is 73.5. The van der Waals surface area contributed by atoms with E-state index in [9.17, 15) is 19.8 Å². The van der Waals surface area contributed by atoms with Crippen molar-refractivity contribution < 1.29 is 76.6 Å². The zero-order chi connectivity index (χ0) is 49.3. The Labute approximate surface area is 402 Å². The summed E-state index contributed by atoms with van der Waals surface area (Å²) >= 11 is 0. The number of carbonyl (C=O) groups is 2. The molecule has 382 valence electrons. The molecule has 0 bridgehead atoms. The normalized spacial score (nSPS) is 40.6. The number of aliphatic hydroxyl groups excluding tert-OH is 1. The molecular formula is C52H78O16. The number of ether oxygens (including phenoxy) is 12. The minimum Gasteiger partial charge on any atom is -0.464 e. The Morgan fingerprint density at radius 3 is 2.49 bits per heavy atom. The largest absolute Gasteiger partial charge is 0.509 e. The van der Waals surface area contributed by atoms with Crippen LogP contribution in [0.3, 0.4) is 0 Å². The topological polar surface area (TPSA) is 185 Å². The first-order valence-corrected chi connectivity index (χ1v) is 24.5. The van der Waals surface area contributed by atoms with Crippen molar-refractivity contribution in [2.75, 3.05) is 27.4 Å². The van der Waals surface area contributed by atoms with Crippen LogP contribution >= 0.6 is 0 Å². The van der Waals surface area contributed by atoms with E-state index in [1.807, 2.05) is 51.2 Å². The minimum absolute atomic E-state index is 0.000508.